The molecule has 0 aromatic heterocycles. The van der Waals surface area contributed by atoms with Crippen LogP contribution in [-0.2, 0) is 4.79 Å². The number of nitrogens with zero attached hydrogens (tertiary/aromatic N) is 2. The van der Waals surface area contributed by atoms with Crippen LogP contribution in [0.2, 0.25) is 0 Å². The third-order valence-corrected chi connectivity index (χ3v) is 2.52. The van der Waals surface area contributed by atoms with Gasteiger partial charge in [0, 0.05) is 31.7 Å². The molecule has 5 nitrogen and oxygen atoms in total. The number of amides is 1. The summed E-state index contributed by atoms with van der Waals surface area (Å²) in [4.78, 5) is 11.6. The lowest BCUT2D eigenvalue weighted by Crippen LogP contribution is -2.48. The molecule has 0 rings (SSSR count). The van der Waals surface area contributed by atoms with Gasteiger partial charge in [0.15, 0.2) is 0 Å². The summed E-state index contributed by atoms with van der Waals surface area (Å²) in [6.07, 6.45) is 0. The lowest BCUT2D eigenvalue weighted by Gasteiger charge is -2.23. The Morgan fingerprint density at radius 2 is 1.88 bits per heavy atom. The minimum Gasteiger partial charge on any atom is -0.322 e. The van der Waals surface area contributed by atoms with Crippen molar-refractivity contribution in [1.29, 1.82) is 0 Å². The summed E-state index contributed by atoms with van der Waals surface area (Å²) in [6, 6.07) is 0. The largest absolute Gasteiger partial charge is 0.322 e. The SMILES string of the molecule is C=C(CBr)NN(C)CC(=O)NN(C)CC(C)C. The van der Waals surface area contributed by atoms with Crippen molar-refractivity contribution in [3.05, 3.63) is 12.3 Å². The molecule has 0 aromatic rings. The zero-order chi connectivity index (χ0) is 13.4. The molecule has 0 aliphatic rings. The van der Waals surface area contributed by atoms with Crippen molar-refractivity contribution in [2.75, 3.05) is 32.5 Å². The highest BCUT2D eigenvalue weighted by Crippen LogP contribution is 1.94. The van der Waals surface area contributed by atoms with Gasteiger partial charge < -0.3 is 5.43 Å². The van der Waals surface area contributed by atoms with Crippen molar-refractivity contribution < 1.29 is 4.79 Å². The van der Waals surface area contributed by atoms with E-state index in [1.54, 1.807) is 17.1 Å². The fraction of sp³-hybridized carbons (Fsp3) is 0.727. The molecular weight excluding hydrogens is 284 g/mol. The Morgan fingerprint density at radius 3 is 2.35 bits per heavy atom. The predicted molar refractivity (Wildman–Crippen MR) is 74.3 cm³/mol. The third kappa shape index (κ3) is 9.14. The van der Waals surface area contributed by atoms with E-state index in [9.17, 15) is 4.79 Å². The van der Waals surface area contributed by atoms with E-state index in [1.807, 2.05) is 7.05 Å². The average molecular weight is 307 g/mol. The molecule has 0 fully saturated rings. The van der Waals surface area contributed by atoms with Crippen molar-refractivity contribution in [2.24, 2.45) is 5.92 Å². The number of hydrogen-bond donors (Lipinski definition) is 2. The van der Waals surface area contributed by atoms with Gasteiger partial charge in [-0.1, -0.05) is 36.4 Å². The molecule has 0 aliphatic carbocycles. The first-order chi connectivity index (χ1) is 7.85. The fourth-order valence-corrected chi connectivity index (χ4v) is 1.52. The average Bonchev–Trinajstić information content (AvgIpc) is 2.14. The van der Waals surface area contributed by atoms with Crippen molar-refractivity contribution in [1.82, 2.24) is 20.9 Å². The summed E-state index contributed by atoms with van der Waals surface area (Å²) < 4.78 is 0. The summed E-state index contributed by atoms with van der Waals surface area (Å²) in [5, 5.41) is 4.16. The highest BCUT2D eigenvalue weighted by Gasteiger charge is 2.09. The minimum atomic E-state index is -0.0504. The highest BCUT2D eigenvalue weighted by molar-refractivity contribution is 9.09. The number of rotatable bonds is 8. The molecule has 0 spiro atoms. The molecule has 0 bridgehead atoms. The number of alkyl halides is 1. The molecule has 0 radical (unpaired) electrons. The third-order valence-electron chi connectivity index (χ3n) is 1.85. The Morgan fingerprint density at radius 1 is 1.29 bits per heavy atom. The second-order valence-electron chi connectivity index (χ2n) is 4.51. The molecule has 0 heterocycles. The van der Waals surface area contributed by atoms with E-state index in [0.29, 0.717) is 11.2 Å². The second-order valence-corrected chi connectivity index (χ2v) is 5.08. The van der Waals surface area contributed by atoms with Gasteiger partial charge in [0.1, 0.15) is 0 Å². The first-order valence-electron chi connectivity index (χ1n) is 5.57. The maximum atomic E-state index is 11.6. The highest BCUT2D eigenvalue weighted by atomic mass is 79.9. The van der Waals surface area contributed by atoms with Crippen molar-refractivity contribution >= 4 is 21.8 Å². The van der Waals surface area contributed by atoms with E-state index >= 15 is 0 Å². The lowest BCUT2D eigenvalue weighted by atomic mass is 10.2. The predicted octanol–water partition coefficient (Wildman–Crippen LogP) is 0.950. The molecule has 100 valence electrons. The monoisotopic (exact) mass is 306 g/mol. The van der Waals surface area contributed by atoms with Crippen LogP contribution in [0, 0.1) is 5.92 Å². The quantitative estimate of drug-likeness (QED) is 0.518. The van der Waals surface area contributed by atoms with Crippen molar-refractivity contribution in [3.8, 4) is 0 Å². The molecule has 0 saturated carbocycles. The van der Waals surface area contributed by atoms with Gasteiger partial charge in [0.05, 0.1) is 6.54 Å². The topological polar surface area (TPSA) is 47.6 Å². The molecule has 0 saturated heterocycles. The molecule has 0 aromatic carbocycles. The van der Waals surface area contributed by atoms with E-state index in [2.05, 4.69) is 47.2 Å². The van der Waals surface area contributed by atoms with E-state index < -0.39 is 0 Å². The molecular formula is C11H23BrN4O. The number of nitrogens with one attached hydrogen (secondary N) is 2. The van der Waals surface area contributed by atoms with Gasteiger partial charge in [-0.25, -0.2) is 10.0 Å². The summed E-state index contributed by atoms with van der Waals surface area (Å²) in [5.41, 5.74) is 6.61. The van der Waals surface area contributed by atoms with Crippen LogP contribution in [0.5, 0.6) is 0 Å². The Bertz CT molecular complexity index is 258. The molecule has 0 aliphatic heterocycles. The Labute approximate surface area is 112 Å². The van der Waals surface area contributed by atoms with E-state index in [-0.39, 0.29) is 12.5 Å². The number of allylic oxidation sites excluding steroid dienone is 1. The standard InChI is InChI=1S/C11H23BrN4O/c1-9(2)7-15(4)14-11(17)8-16(5)13-10(3)6-12/h9,13H,3,6-8H2,1-2,4-5H3,(H,14,17). The molecule has 6 heteroatoms. The van der Waals surface area contributed by atoms with Crippen LogP contribution in [0.25, 0.3) is 0 Å². The Kier molecular flexibility index (Phi) is 8.20. The van der Waals surface area contributed by atoms with Crippen LogP contribution in [-0.4, -0.2) is 48.4 Å². The summed E-state index contributed by atoms with van der Waals surface area (Å²) in [7, 11) is 3.67. The van der Waals surface area contributed by atoms with Gasteiger partial charge in [-0.3, -0.25) is 10.2 Å². The van der Waals surface area contributed by atoms with Gasteiger partial charge in [-0.2, -0.15) is 0 Å². The molecule has 2 N–H and O–H groups in total. The summed E-state index contributed by atoms with van der Waals surface area (Å²) in [6.45, 7) is 9.10. The Balaban J connectivity index is 3.88. The molecule has 0 unspecified atom stereocenters. The summed E-state index contributed by atoms with van der Waals surface area (Å²) in [5.74, 6) is 0.467. The van der Waals surface area contributed by atoms with Crippen LogP contribution in [0.3, 0.4) is 0 Å². The number of hydrogen-bond acceptors (Lipinski definition) is 4. The molecule has 1 amide bonds. The van der Waals surface area contributed by atoms with Crippen LogP contribution >= 0.6 is 15.9 Å². The first kappa shape index (κ1) is 16.4. The number of hydrazine groups is 2. The second kappa shape index (κ2) is 8.49. The number of carbonyl (C=O) groups excluding carboxylic acids is 1. The van der Waals surface area contributed by atoms with Crippen molar-refractivity contribution in [2.45, 2.75) is 13.8 Å². The van der Waals surface area contributed by atoms with E-state index in [1.165, 1.54) is 0 Å². The zero-order valence-corrected chi connectivity index (χ0v) is 12.7. The number of halogens is 1. The minimum absolute atomic E-state index is 0.0504. The maximum absolute atomic E-state index is 11.6. The van der Waals surface area contributed by atoms with E-state index in [4.69, 9.17) is 0 Å². The zero-order valence-electron chi connectivity index (χ0n) is 11.1. The first-order valence-corrected chi connectivity index (χ1v) is 6.69. The lowest BCUT2D eigenvalue weighted by molar-refractivity contribution is -0.126. The van der Waals surface area contributed by atoms with E-state index in [0.717, 1.165) is 12.2 Å². The van der Waals surface area contributed by atoms with Crippen LogP contribution in [0.4, 0.5) is 0 Å². The van der Waals surface area contributed by atoms with Crippen molar-refractivity contribution in [3.63, 3.8) is 0 Å². The van der Waals surface area contributed by atoms with Gasteiger partial charge in [0.25, 0.3) is 0 Å². The fourth-order valence-electron chi connectivity index (χ4n) is 1.40. The Hall–Kier alpha value is -0.590. The van der Waals surface area contributed by atoms with Crippen LogP contribution in [0.15, 0.2) is 12.3 Å². The maximum Gasteiger partial charge on any atom is 0.250 e. The smallest absolute Gasteiger partial charge is 0.250 e. The van der Waals surface area contributed by atoms with Crippen LogP contribution in [0.1, 0.15) is 13.8 Å². The van der Waals surface area contributed by atoms with Gasteiger partial charge in [-0.15, -0.1) is 0 Å². The molecule has 17 heavy (non-hydrogen) atoms. The number of likely N-dealkylation sites (N-methyl/N-ethyl adjacent to an activating group) is 1. The van der Waals surface area contributed by atoms with Gasteiger partial charge in [0.2, 0.25) is 5.91 Å². The van der Waals surface area contributed by atoms with Gasteiger partial charge >= 0.3 is 0 Å². The summed E-state index contributed by atoms with van der Waals surface area (Å²) >= 11 is 3.28. The van der Waals surface area contributed by atoms with Crippen LogP contribution < -0.4 is 10.9 Å². The van der Waals surface area contributed by atoms with Gasteiger partial charge in [-0.05, 0) is 5.92 Å². The number of carbonyl (C=O) groups is 1. The molecule has 0 atom stereocenters. The normalized spacial score (nSPS) is 11.1.